The van der Waals surface area contributed by atoms with Crippen LogP contribution in [0.5, 0.6) is 11.5 Å². The summed E-state index contributed by atoms with van der Waals surface area (Å²) in [5.74, 6) is 1.18. The first-order valence-electron chi connectivity index (χ1n) is 6.23. The number of halogens is 1. The lowest BCUT2D eigenvalue weighted by atomic mass is 9.96. The molecule has 0 aliphatic heterocycles. The second-order valence-electron chi connectivity index (χ2n) is 4.48. The minimum Gasteiger partial charge on any atom is -0.496 e. The van der Waals surface area contributed by atoms with Gasteiger partial charge in [0.25, 0.3) is 0 Å². The van der Waals surface area contributed by atoms with Crippen LogP contribution in [0.2, 0.25) is 5.02 Å². The molecule has 0 saturated carbocycles. The highest BCUT2D eigenvalue weighted by molar-refractivity contribution is 6.30. The number of aliphatic hydroxyl groups excluding tert-OH is 1. The molecule has 2 rings (SSSR count). The van der Waals surface area contributed by atoms with Crippen LogP contribution in [-0.4, -0.2) is 19.3 Å². The van der Waals surface area contributed by atoms with E-state index in [0.717, 1.165) is 11.1 Å². The van der Waals surface area contributed by atoms with Crippen molar-refractivity contribution in [3.05, 3.63) is 58.1 Å². The van der Waals surface area contributed by atoms with Gasteiger partial charge >= 0.3 is 0 Å². The highest BCUT2D eigenvalue weighted by Crippen LogP contribution is 2.38. The van der Waals surface area contributed by atoms with Crippen LogP contribution in [-0.2, 0) is 0 Å². The fourth-order valence-corrected chi connectivity index (χ4v) is 2.48. The van der Waals surface area contributed by atoms with Crippen LogP contribution in [0.1, 0.15) is 22.8 Å². The number of hydrogen-bond donors (Lipinski definition) is 1. The van der Waals surface area contributed by atoms with Crippen LogP contribution < -0.4 is 9.47 Å². The molecule has 0 aromatic heterocycles. The average molecular weight is 293 g/mol. The molecule has 0 bridgehead atoms. The molecular weight excluding hydrogens is 276 g/mol. The molecule has 2 aromatic rings. The third kappa shape index (κ3) is 2.74. The lowest BCUT2D eigenvalue weighted by Crippen LogP contribution is -2.06. The van der Waals surface area contributed by atoms with Gasteiger partial charge < -0.3 is 14.6 Å². The van der Waals surface area contributed by atoms with Gasteiger partial charge in [-0.05, 0) is 42.3 Å². The predicted molar refractivity (Wildman–Crippen MR) is 79.8 cm³/mol. The van der Waals surface area contributed by atoms with Crippen LogP contribution in [0.3, 0.4) is 0 Å². The van der Waals surface area contributed by atoms with Gasteiger partial charge in [0.05, 0.1) is 19.8 Å². The number of aliphatic hydroxyl groups is 1. The van der Waals surface area contributed by atoms with Gasteiger partial charge in [0, 0.05) is 5.02 Å². The first kappa shape index (κ1) is 14.7. The first-order valence-corrected chi connectivity index (χ1v) is 6.61. The summed E-state index contributed by atoms with van der Waals surface area (Å²) in [5.41, 5.74) is 2.30. The van der Waals surface area contributed by atoms with Gasteiger partial charge in [-0.2, -0.15) is 0 Å². The molecule has 0 aliphatic carbocycles. The van der Waals surface area contributed by atoms with Crippen molar-refractivity contribution in [2.75, 3.05) is 14.2 Å². The van der Waals surface area contributed by atoms with Crippen LogP contribution in [0.4, 0.5) is 0 Å². The quantitative estimate of drug-likeness (QED) is 0.933. The van der Waals surface area contributed by atoms with Crippen LogP contribution >= 0.6 is 11.6 Å². The van der Waals surface area contributed by atoms with Gasteiger partial charge in [-0.1, -0.05) is 23.7 Å². The van der Waals surface area contributed by atoms with E-state index in [9.17, 15) is 5.11 Å². The molecule has 3 nitrogen and oxygen atoms in total. The smallest absolute Gasteiger partial charge is 0.128 e. The van der Waals surface area contributed by atoms with Gasteiger partial charge in [0.2, 0.25) is 0 Å². The average Bonchev–Trinajstić information content (AvgIpc) is 2.45. The highest BCUT2D eigenvalue weighted by Gasteiger charge is 2.21. The third-order valence-electron chi connectivity index (χ3n) is 3.27. The maximum atomic E-state index is 10.7. The fourth-order valence-electron chi connectivity index (χ4n) is 2.25. The number of aryl methyl sites for hydroxylation is 1. The maximum Gasteiger partial charge on any atom is 0.128 e. The Morgan fingerprint density at radius 2 is 1.65 bits per heavy atom. The van der Waals surface area contributed by atoms with E-state index in [0.29, 0.717) is 22.1 Å². The predicted octanol–water partition coefficient (Wildman–Crippen LogP) is 3.75. The molecule has 0 aliphatic rings. The summed E-state index contributed by atoms with van der Waals surface area (Å²) in [4.78, 5) is 0. The van der Waals surface area contributed by atoms with E-state index >= 15 is 0 Å². The molecule has 20 heavy (non-hydrogen) atoms. The highest BCUT2D eigenvalue weighted by atomic mass is 35.5. The van der Waals surface area contributed by atoms with E-state index in [2.05, 4.69) is 0 Å². The molecule has 1 N–H and O–H groups in total. The van der Waals surface area contributed by atoms with Crippen molar-refractivity contribution < 1.29 is 14.6 Å². The second kappa shape index (κ2) is 6.16. The Bertz CT molecular complexity index is 588. The SMILES string of the molecule is COc1cccc(OC)c1C(O)c1ccc(Cl)cc1C. The molecule has 1 unspecified atom stereocenters. The molecule has 0 fully saturated rings. The van der Waals surface area contributed by atoms with Crippen molar-refractivity contribution in [3.8, 4) is 11.5 Å². The van der Waals surface area contributed by atoms with Crippen molar-refractivity contribution in [3.63, 3.8) is 0 Å². The van der Waals surface area contributed by atoms with Crippen molar-refractivity contribution in [1.82, 2.24) is 0 Å². The molecular formula is C16H17ClO3. The standard InChI is InChI=1S/C16H17ClO3/c1-10-9-11(17)7-8-12(10)16(18)15-13(19-2)5-4-6-14(15)20-3/h4-9,16,18H,1-3H3. The summed E-state index contributed by atoms with van der Waals surface area (Å²) >= 11 is 5.95. The summed E-state index contributed by atoms with van der Waals surface area (Å²) < 4.78 is 10.7. The Labute approximate surface area is 123 Å². The Kier molecular flexibility index (Phi) is 4.53. The van der Waals surface area contributed by atoms with Gasteiger partial charge in [0.15, 0.2) is 0 Å². The Balaban J connectivity index is 2.55. The summed E-state index contributed by atoms with van der Waals surface area (Å²) in [6, 6.07) is 10.8. The van der Waals surface area contributed by atoms with Crippen molar-refractivity contribution in [2.45, 2.75) is 13.0 Å². The minimum atomic E-state index is -0.835. The molecule has 1 atom stereocenters. The number of ether oxygens (including phenoxy) is 2. The lowest BCUT2D eigenvalue weighted by Gasteiger charge is -2.19. The first-order chi connectivity index (χ1) is 9.58. The largest absolute Gasteiger partial charge is 0.496 e. The summed E-state index contributed by atoms with van der Waals surface area (Å²) in [6.45, 7) is 1.91. The Morgan fingerprint density at radius 3 is 2.15 bits per heavy atom. The molecule has 0 amide bonds. The van der Waals surface area contributed by atoms with Gasteiger partial charge in [-0.25, -0.2) is 0 Å². The Morgan fingerprint density at radius 1 is 1.05 bits per heavy atom. The number of benzene rings is 2. The van der Waals surface area contributed by atoms with E-state index in [4.69, 9.17) is 21.1 Å². The van der Waals surface area contributed by atoms with E-state index in [-0.39, 0.29) is 0 Å². The number of hydrogen-bond acceptors (Lipinski definition) is 3. The molecule has 0 radical (unpaired) electrons. The van der Waals surface area contributed by atoms with Gasteiger partial charge in [-0.15, -0.1) is 0 Å². The van der Waals surface area contributed by atoms with E-state index < -0.39 is 6.10 Å². The molecule has 0 saturated heterocycles. The number of rotatable bonds is 4. The summed E-state index contributed by atoms with van der Waals surface area (Å²) in [7, 11) is 3.14. The number of methoxy groups -OCH3 is 2. The fraction of sp³-hybridized carbons (Fsp3) is 0.250. The van der Waals surface area contributed by atoms with Crippen LogP contribution in [0, 0.1) is 6.92 Å². The molecule has 0 spiro atoms. The summed E-state index contributed by atoms with van der Waals surface area (Å²) in [6.07, 6.45) is -0.835. The molecule has 2 aromatic carbocycles. The van der Waals surface area contributed by atoms with Gasteiger partial charge in [-0.3, -0.25) is 0 Å². The van der Waals surface area contributed by atoms with Crippen LogP contribution in [0.25, 0.3) is 0 Å². The Hall–Kier alpha value is -1.71. The normalized spacial score (nSPS) is 12.1. The topological polar surface area (TPSA) is 38.7 Å². The minimum absolute atomic E-state index is 0.589. The molecule has 4 heteroatoms. The van der Waals surface area contributed by atoms with E-state index in [1.54, 1.807) is 32.4 Å². The molecule has 106 valence electrons. The zero-order valence-electron chi connectivity index (χ0n) is 11.7. The zero-order chi connectivity index (χ0) is 14.7. The maximum absolute atomic E-state index is 10.7. The lowest BCUT2D eigenvalue weighted by molar-refractivity contribution is 0.208. The van der Waals surface area contributed by atoms with E-state index in [1.807, 2.05) is 25.1 Å². The van der Waals surface area contributed by atoms with Crippen molar-refractivity contribution in [2.24, 2.45) is 0 Å². The molecule has 0 heterocycles. The van der Waals surface area contributed by atoms with Crippen molar-refractivity contribution in [1.29, 1.82) is 0 Å². The zero-order valence-corrected chi connectivity index (χ0v) is 12.4. The monoisotopic (exact) mass is 292 g/mol. The van der Waals surface area contributed by atoms with E-state index in [1.165, 1.54) is 0 Å². The second-order valence-corrected chi connectivity index (χ2v) is 4.92. The summed E-state index contributed by atoms with van der Waals surface area (Å²) in [5, 5.41) is 11.3. The van der Waals surface area contributed by atoms with Gasteiger partial charge in [0.1, 0.15) is 17.6 Å². The van der Waals surface area contributed by atoms with Crippen molar-refractivity contribution >= 4 is 11.6 Å². The third-order valence-corrected chi connectivity index (χ3v) is 3.50. The van der Waals surface area contributed by atoms with Crippen LogP contribution in [0.15, 0.2) is 36.4 Å².